The number of ether oxygens (including phenoxy) is 2. The van der Waals surface area contributed by atoms with Crippen LogP contribution in [0.4, 0.5) is 0 Å². The minimum Gasteiger partial charge on any atom is -0.492 e. The third kappa shape index (κ3) is 7.84. The molecular weight excluding hydrogens is 589 g/mol. The second-order valence-electron chi connectivity index (χ2n) is 9.32. The maximum Gasteiger partial charge on any atom is 0.243 e. The number of sulfonamides is 2. The van der Waals surface area contributed by atoms with Gasteiger partial charge in [0.25, 0.3) is 0 Å². The highest BCUT2D eigenvalue weighted by Gasteiger charge is 2.32. The molecule has 1 amide bonds. The second kappa shape index (κ2) is 13.2. The molecule has 1 atom stereocenters. The first kappa shape index (κ1) is 30.0. The predicted octanol–water partition coefficient (Wildman–Crippen LogP) is 2.75. The van der Waals surface area contributed by atoms with Gasteiger partial charge in [0.15, 0.2) is 0 Å². The van der Waals surface area contributed by atoms with Crippen LogP contribution in [-0.4, -0.2) is 83.9 Å². The van der Waals surface area contributed by atoms with Crippen molar-refractivity contribution in [1.82, 2.24) is 13.9 Å². The van der Waals surface area contributed by atoms with Crippen LogP contribution in [0.5, 0.6) is 5.75 Å². The number of nitrogens with one attached hydrogen (secondary N) is 1. The van der Waals surface area contributed by atoms with E-state index in [4.69, 9.17) is 32.7 Å². The van der Waals surface area contributed by atoms with E-state index in [1.54, 1.807) is 24.3 Å². The molecule has 0 unspecified atom stereocenters. The summed E-state index contributed by atoms with van der Waals surface area (Å²) in [5.74, 6) is -0.507. The van der Waals surface area contributed by atoms with Gasteiger partial charge in [-0.15, -0.1) is 0 Å². The summed E-state index contributed by atoms with van der Waals surface area (Å²) in [4.78, 5) is 12.9. The molecule has 39 heavy (non-hydrogen) atoms. The Morgan fingerprint density at radius 2 is 1.72 bits per heavy atom. The highest BCUT2D eigenvalue weighted by Crippen LogP contribution is 2.26. The third-order valence-corrected chi connectivity index (χ3v) is 10.9. The summed E-state index contributed by atoms with van der Waals surface area (Å²) in [5, 5.41) is 3.51. The number of rotatable bonds is 10. The summed E-state index contributed by atoms with van der Waals surface area (Å²) in [7, 11) is -7.25. The Balaban J connectivity index is 1.23. The zero-order valence-corrected chi connectivity index (χ0v) is 24.4. The minimum atomic E-state index is -3.67. The SMILES string of the molecule is O=C(NCCOc1ccc(S(=O)(=O)N2CCOCC2)cc1)[C@H]1CCCN(S(=O)(=O)Cc2ccc(Cl)cc2Cl)C1. The summed E-state index contributed by atoms with van der Waals surface area (Å²) < 4.78 is 65.0. The van der Waals surface area contributed by atoms with Gasteiger partial charge in [0.2, 0.25) is 26.0 Å². The third-order valence-electron chi connectivity index (χ3n) is 6.60. The largest absolute Gasteiger partial charge is 0.492 e. The molecule has 214 valence electrons. The molecule has 2 aliphatic rings. The van der Waals surface area contributed by atoms with Crippen molar-refractivity contribution in [3.63, 3.8) is 0 Å². The van der Waals surface area contributed by atoms with Crippen LogP contribution in [0.1, 0.15) is 18.4 Å². The minimum absolute atomic E-state index is 0.0965. The van der Waals surface area contributed by atoms with Crippen LogP contribution in [0, 0.1) is 5.92 Å². The fraction of sp³-hybridized carbons (Fsp3) is 0.480. The van der Waals surface area contributed by atoms with Crippen molar-refractivity contribution >= 4 is 49.2 Å². The monoisotopic (exact) mass is 619 g/mol. The first-order valence-electron chi connectivity index (χ1n) is 12.6. The molecule has 4 rings (SSSR count). The molecule has 1 N–H and O–H groups in total. The standard InChI is InChI=1S/C25H31Cl2N3O7S2/c26-21-4-3-20(24(27)16-21)18-38(32,33)30-10-1-2-19(17-30)25(31)28-9-13-37-22-5-7-23(8-6-22)39(34,35)29-11-14-36-15-12-29/h3-8,16,19H,1-2,9-15,17-18H2,(H,28,31)/t19-/m0/s1. The van der Waals surface area contributed by atoms with E-state index < -0.39 is 26.0 Å². The van der Waals surface area contributed by atoms with E-state index in [1.165, 1.54) is 26.8 Å². The Kier molecular flexibility index (Phi) is 10.1. The van der Waals surface area contributed by atoms with Crippen molar-refractivity contribution in [3.8, 4) is 5.75 Å². The molecule has 0 aliphatic carbocycles. The quantitative estimate of drug-likeness (QED) is 0.406. The van der Waals surface area contributed by atoms with E-state index in [1.807, 2.05) is 0 Å². The number of piperidine rings is 1. The van der Waals surface area contributed by atoms with Crippen LogP contribution in [0.15, 0.2) is 47.4 Å². The van der Waals surface area contributed by atoms with Gasteiger partial charge in [0.1, 0.15) is 12.4 Å². The van der Waals surface area contributed by atoms with Crippen LogP contribution >= 0.6 is 23.2 Å². The molecule has 2 aromatic carbocycles. The van der Waals surface area contributed by atoms with Gasteiger partial charge in [-0.3, -0.25) is 4.79 Å². The normalized spacial score (nSPS) is 19.5. The highest BCUT2D eigenvalue weighted by molar-refractivity contribution is 7.89. The van der Waals surface area contributed by atoms with Crippen LogP contribution in [0.25, 0.3) is 0 Å². The van der Waals surface area contributed by atoms with Crippen LogP contribution < -0.4 is 10.1 Å². The van der Waals surface area contributed by atoms with Gasteiger partial charge >= 0.3 is 0 Å². The molecule has 10 nitrogen and oxygen atoms in total. The summed E-state index contributed by atoms with van der Waals surface area (Å²) >= 11 is 12.1. The summed E-state index contributed by atoms with van der Waals surface area (Å²) in [6, 6.07) is 10.8. The van der Waals surface area contributed by atoms with Gasteiger partial charge in [-0.05, 0) is 54.8 Å². The lowest BCUT2D eigenvalue weighted by molar-refractivity contribution is -0.126. The number of halogens is 2. The fourth-order valence-electron chi connectivity index (χ4n) is 4.47. The second-order valence-corrected chi connectivity index (χ2v) is 14.1. The van der Waals surface area contributed by atoms with Crippen molar-refractivity contribution in [3.05, 3.63) is 58.1 Å². The number of benzene rings is 2. The number of nitrogens with zero attached hydrogens (tertiary/aromatic N) is 2. The molecular formula is C25H31Cl2N3O7S2. The molecule has 2 heterocycles. The maximum atomic E-state index is 13.0. The van der Waals surface area contributed by atoms with E-state index in [-0.39, 0.29) is 41.3 Å². The molecule has 2 saturated heterocycles. The van der Waals surface area contributed by atoms with E-state index >= 15 is 0 Å². The first-order valence-corrected chi connectivity index (χ1v) is 16.4. The molecule has 2 aliphatic heterocycles. The highest BCUT2D eigenvalue weighted by atomic mass is 35.5. The van der Waals surface area contributed by atoms with Gasteiger partial charge in [-0.1, -0.05) is 29.3 Å². The maximum absolute atomic E-state index is 13.0. The van der Waals surface area contributed by atoms with Crippen molar-refractivity contribution < 1.29 is 31.1 Å². The number of hydrogen-bond donors (Lipinski definition) is 1. The zero-order chi connectivity index (χ0) is 28.0. The summed E-state index contributed by atoms with van der Waals surface area (Å²) in [5.41, 5.74) is 0.455. The van der Waals surface area contributed by atoms with Crippen molar-refractivity contribution in [1.29, 1.82) is 0 Å². The first-order chi connectivity index (χ1) is 18.6. The number of carbonyl (C=O) groups is 1. The smallest absolute Gasteiger partial charge is 0.243 e. The van der Waals surface area contributed by atoms with E-state index in [2.05, 4.69) is 5.32 Å². The van der Waals surface area contributed by atoms with Gasteiger partial charge in [-0.25, -0.2) is 21.1 Å². The molecule has 2 fully saturated rings. The number of morpholine rings is 1. The Bertz CT molecular complexity index is 1370. The Labute approximate surface area is 239 Å². The van der Waals surface area contributed by atoms with Crippen LogP contribution in [0.3, 0.4) is 0 Å². The van der Waals surface area contributed by atoms with Crippen molar-refractivity contribution in [2.24, 2.45) is 5.92 Å². The number of carbonyl (C=O) groups excluding carboxylic acids is 1. The van der Waals surface area contributed by atoms with Gasteiger partial charge < -0.3 is 14.8 Å². The molecule has 0 aromatic heterocycles. The predicted molar refractivity (Wildman–Crippen MR) is 148 cm³/mol. The molecule has 0 radical (unpaired) electrons. The lowest BCUT2D eigenvalue weighted by atomic mass is 9.99. The molecule has 2 aromatic rings. The Hall–Kier alpha value is -1.93. The van der Waals surface area contributed by atoms with E-state index in [9.17, 15) is 21.6 Å². The van der Waals surface area contributed by atoms with Crippen LogP contribution in [0.2, 0.25) is 10.0 Å². The summed E-state index contributed by atoms with van der Waals surface area (Å²) in [6.07, 6.45) is 1.15. The average molecular weight is 621 g/mol. The van der Waals surface area contributed by atoms with Gasteiger partial charge in [0, 0.05) is 36.2 Å². The molecule has 0 bridgehead atoms. The average Bonchev–Trinajstić information content (AvgIpc) is 2.93. The van der Waals surface area contributed by atoms with Gasteiger partial charge in [-0.2, -0.15) is 4.31 Å². The topological polar surface area (TPSA) is 122 Å². The van der Waals surface area contributed by atoms with Crippen LogP contribution in [-0.2, 0) is 35.3 Å². The lowest BCUT2D eigenvalue weighted by Gasteiger charge is -2.31. The Morgan fingerprint density at radius 1 is 1.00 bits per heavy atom. The van der Waals surface area contributed by atoms with Crippen molar-refractivity contribution in [2.45, 2.75) is 23.5 Å². The number of amides is 1. The molecule has 0 spiro atoms. The molecule has 14 heteroatoms. The Morgan fingerprint density at radius 3 is 2.41 bits per heavy atom. The zero-order valence-electron chi connectivity index (χ0n) is 21.2. The number of hydrogen-bond acceptors (Lipinski definition) is 7. The van der Waals surface area contributed by atoms with Gasteiger partial charge in [0.05, 0.1) is 36.3 Å². The van der Waals surface area contributed by atoms with E-state index in [0.29, 0.717) is 62.0 Å². The fourth-order valence-corrected chi connectivity index (χ4v) is 8.07. The van der Waals surface area contributed by atoms with Crippen molar-refractivity contribution in [2.75, 3.05) is 52.5 Å². The van der Waals surface area contributed by atoms with E-state index in [0.717, 1.165) is 0 Å². The lowest BCUT2D eigenvalue weighted by Crippen LogP contribution is -2.46. The molecule has 0 saturated carbocycles. The summed E-state index contributed by atoms with van der Waals surface area (Å²) in [6.45, 7) is 2.22.